The molecular formula is C18H20N4O4S2. The van der Waals surface area contributed by atoms with Gasteiger partial charge in [-0.1, -0.05) is 18.1 Å². The second-order valence-electron chi connectivity index (χ2n) is 6.05. The van der Waals surface area contributed by atoms with E-state index < -0.39 is 10.0 Å². The van der Waals surface area contributed by atoms with Gasteiger partial charge in [0.05, 0.1) is 11.4 Å². The lowest BCUT2D eigenvalue weighted by Crippen LogP contribution is -2.26. The van der Waals surface area contributed by atoms with Crippen molar-refractivity contribution in [1.29, 1.82) is 0 Å². The summed E-state index contributed by atoms with van der Waals surface area (Å²) in [7, 11) is -2.03. The molecule has 0 spiro atoms. The molecule has 0 aliphatic carbocycles. The second kappa shape index (κ2) is 8.63. The van der Waals surface area contributed by atoms with E-state index in [-0.39, 0.29) is 23.9 Å². The minimum absolute atomic E-state index is 0.104. The van der Waals surface area contributed by atoms with Gasteiger partial charge in [-0.15, -0.1) is 11.3 Å². The van der Waals surface area contributed by atoms with Crippen molar-refractivity contribution in [2.45, 2.75) is 31.3 Å². The van der Waals surface area contributed by atoms with Crippen LogP contribution >= 0.6 is 11.3 Å². The van der Waals surface area contributed by atoms with Gasteiger partial charge in [-0.25, -0.2) is 13.1 Å². The lowest BCUT2D eigenvalue weighted by Gasteiger charge is -2.15. The average molecular weight is 421 g/mol. The fourth-order valence-corrected chi connectivity index (χ4v) is 4.17. The molecule has 3 aromatic rings. The van der Waals surface area contributed by atoms with Crippen molar-refractivity contribution in [2.24, 2.45) is 0 Å². The molecule has 0 saturated heterocycles. The molecule has 1 N–H and O–H groups in total. The van der Waals surface area contributed by atoms with E-state index in [2.05, 4.69) is 14.9 Å². The molecule has 8 nitrogen and oxygen atoms in total. The third kappa shape index (κ3) is 4.83. The Bertz CT molecular complexity index is 1030. The van der Waals surface area contributed by atoms with Crippen LogP contribution in [0.3, 0.4) is 0 Å². The molecule has 0 aliphatic heterocycles. The summed E-state index contributed by atoms with van der Waals surface area (Å²) < 4.78 is 32.4. The molecule has 0 unspecified atom stereocenters. The van der Waals surface area contributed by atoms with Crippen LogP contribution in [-0.4, -0.2) is 36.4 Å². The first-order chi connectivity index (χ1) is 13.4. The van der Waals surface area contributed by atoms with E-state index >= 15 is 0 Å². The van der Waals surface area contributed by atoms with Crippen LogP contribution in [0.25, 0.3) is 0 Å². The van der Waals surface area contributed by atoms with Crippen molar-refractivity contribution < 1.29 is 17.7 Å². The Balaban J connectivity index is 1.64. The number of nitrogens with zero attached hydrogens (tertiary/aromatic N) is 3. The normalized spacial score (nSPS) is 11.5. The predicted octanol–water partition coefficient (Wildman–Crippen LogP) is 2.44. The van der Waals surface area contributed by atoms with Gasteiger partial charge in [0.1, 0.15) is 0 Å². The minimum Gasteiger partial charge on any atom is -0.337 e. The number of sulfonamides is 1. The summed E-state index contributed by atoms with van der Waals surface area (Å²) in [6, 6.07) is 9.54. The van der Waals surface area contributed by atoms with Crippen LogP contribution in [0, 0.1) is 0 Å². The van der Waals surface area contributed by atoms with Crippen LogP contribution in [-0.2, 0) is 29.5 Å². The maximum atomic E-state index is 12.5. The number of hydrogen-bond acceptors (Lipinski definition) is 7. The van der Waals surface area contributed by atoms with E-state index in [1.165, 1.54) is 40.5 Å². The molecule has 28 heavy (non-hydrogen) atoms. The highest BCUT2D eigenvalue weighted by Crippen LogP contribution is 2.15. The summed E-state index contributed by atoms with van der Waals surface area (Å²) in [5, 5.41) is 5.68. The SMILES string of the molecule is CCc1noc(CN(C)C(=O)c2ccc(S(=O)(=O)NCc3cccs3)cc2)n1. The van der Waals surface area contributed by atoms with Gasteiger partial charge in [-0.2, -0.15) is 4.98 Å². The third-order valence-electron chi connectivity index (χ3n) is 3.97. The van der Waals surface area contributed by atoms with E-state index in [1.54, 1.807) is 7.05 Å². The highest BCUT2D eigenvalue weighted by atomic mass is 32.2. The summed E-state index contributed by atoms with van der Waals surface area (Å²) in [5.41, 5.74) is 0.370. The van der Waals surface area contributed by atoms with Crippen LogP contribution in [0.2, 0.25) is 0 Å². The van der Waals surface area contributed by atoms with E-state index in [0.29, 0.717) is 23.7 Å². The number of aryl methyl sites for hydroxylation is 1. The smallest absolute Gasteiger partial charge is 0.254 e. The van der Waals surface area contributed by atoms with Gasteiger partial charge in [0.15, 0.2) is 5.82 Å². The molecule has 0 radical (unpaired) electrons. The number of carbonyl (C=O) groups is 1. The molecule has 0 bridgehead atoms. The highest BCUT2D eigenvalue weighted by Gasteiger charge is 2.18. The highest BCUT2D eigenvalue weighted by molar-refractivity contribution is 7.89. The Labute approximate surface area is 167 Å². The van der Waals surface area contributed by atoms with Crippen LogP contribution in [0.1, 0.15) is 33.9 Å². The number of amides is 1. The Kier molecular flexibility index (Phi) is 6.22. The topological polar surface area (TPSA) is 105 Å². The van der Waals surface area contributed by atoms with Gasteiger partial charge in [-0.05, 0) is 35.7 Å². The monoisotopic (exact) mass is 420 g/mol. The molecule has 0 fully saturated rings. The molecule has 148 valence electrons. The zero-order valence-electron chi connectivity index (χ0n) is 15.5. The standard InChI is InChI=1S/C18H20N4O4S2/c1-3-16-20-17(26-21-16)12-22(2)18(23)13-6-8-15(9-7-13)28(24,25)19-11-14-5-4-10-27-14/h4-10,19H,3,11-12H2,1-2H3. The van der Waals surface area contributed by atoms with Crippen molar-refractivity contribution in [2.75, 3.05) is 7.05 Å². The number of rotatable bonds is 8. The number of carbonyl (C=O) groups excluding carboxylic acids is 1. The second-order valence-corrected chi connectivity index (χ2v) is 8.85. The number of thiophene rings is 1. The van der Waals surface area contributed by atoms with E-state index in [1.807, 2.05) is 24.4 Å². The maximum absolute atomic E-state index is 12.5. The Morgan fingerprint density at radius 1 is 1.25 bits per heavy atom. The van der Waals surface area contributed by atoms with Gasteiger partial charge >= 0.3 is 0 Å². The molecule has 1 aromatic carbocycles. The number of nitrogens with one attached hydrogen (secondary N) is 1. The first-order valence-corrected chi connectivity index (χ1v) is 10.9. The van der Waals surface area contributed by atoms with Crippen molar-refractivity contribution in [3.63, 3.8) is 0 Å². The fraction of sp³-hybridized carbons (Fsp3) is 0.278. The Morgan fingerprint density at radius 2 is 2.00 bits per heavy atom. The Hall–Kier alpha value is -2.56. The number of benzene rings is 1. The fourth-order valence-electron chi connectivity index (χ4n) is 2.43. The first-order valence-electron chi connectivity index (χ1n) is 8.58. The largest absolute Gasteiger partial charge is 0.337 e. The summed E-state index contributed by atoms with van der Waals surface area (Å²) >= 11 is 1.48. The zero-order valence-corrected chi connectivity index (χ0v) is 17.1. The molecule has 10 heteroatoms. The van der Waals surface area contributed by atoms with E-state index in [0.717, 1.165) is 4.88 Å². The molecular weight excluding hydrogens is 400 g/mol. The molecule has 2 heterocycles. The predicted molar refractivity (Wildman–Crippen MR) is 104 cm³/mol. The summed E-state index contributed by atoms with van der Waals surface area (Å²) in [6.45, 7) is 2.32. The van der Waals surface area contributed by atoms with Crippen molar-refractivity contribution in [1.82, 2.24) is 19.8 Å². The average Bonchev–Trinajstić information content (AvgIpc) is 3.37. The van der Waals surface area contributed by atoms with Gasteiger partial charge in [0.2, 0.25) is 15.9 Å². The van der Waals surface area contributed by atoms with Crippen LogP contribution < -0.4 is 4.72 Å². The van der Waals surface area contributed by atoms with E-state index in [4.69, 9.17) is 4.52 Å². The van der Waals surface area contributed by atoms with Crippen LogP contribution in [0.4, 0.5) is 0 Å². The molecule has 2 aromatic heterocycles. The lowest BCUT2D eigenvalue weighted by molar-refractivity contribution is 0.0769. The zero-order chi connectivity index (χ0) is 20.1. The first kappa shape index (κ1) is 20.2. The van der Waals surface area contributed by atoms with Gasteiger partial charge < -0.3 is 9.42 Å². The van der Waals surface area contributed by atoms with Crippen LogP contribution in [0.5, 0.6) is 0 Å². The molecule has 0 saturated carbocycles. The molecule has 0 aliphatic rings. The number of aromatic nitrogens is 2. The quantitative estimate of drug-likeness (QED) is 0.600. The summed E-state index contributed by atoms with van der Waals surface area (Å²) in [6.07, 6.45) is 0.650. The van der Waals surface area contributed by atoms with Crippen molar-refractivity contribution >= 4 is 27.3 Å². The van der Waals surface area contributed by atoms with Crippen LogP contribution in [0.15, 0.2) is 51.2 Å². The van der Waals surface area contributed by atoms with E-state index in [9.17, 15) is 13.2 Å². The Morgan fingerprint density at radius 3 is 2.61 bits per heavy atom. The third-order valence-corrected chi connectivity index (χ3v) is 6.27. The van der Waals surface area contributed by atoms with Crippen molar-refractivity contribution in [3.05, 3.63) is 63.9 Å². The molecule has 0 atom stereocenters. The van der Waals surface area contributed by atoms with Gasteiger partial charge in [0, 0.05) is 30.5 Å². The summed E-state index contributed by atoms with van der Waals surface area (Å²) in [4.78, 5) is 19.2. The van der Waals surface area contributed by atoms with Gasteiger partial charge in [0.25, 0.3) is 5.91 Å². The summed E-state index contributed by atoms with van der Waals surface area (Å²) in [5.74, 6) is 0.664. The lowest BCUT2D eigenvalue weighted by atomic mass is 10.2. The number of hydrogen-bond donors (Lipinski definition) is 1. The maximum Gasteiger partial charge on any atom is 0.254 e. The molecule has 3 rings (SSSR count). The van der Waals surface area contributed by atoms with Crippen molar-refractivity contribution in [3.8, 4) is 0 Å². The minimum atomic E-state index is -3.65. The molecule has 1 amide bonds. The van der Waals surface area contributed by atoms with Gasteiger partial charge in [-0.3, -0.25) is 4.79 Å².